The highest BCUT2D eigenvalue weighted by atomic mass is 32.1. The van der Waals surface area contributed by atoms with Crippen molar-refractivity contribution in [3.8, 4) is 0 Å². The average Bonchev–Trinajstić information content (AvgIpc) is 3.30. The van der Waals surface area contributed by atoms with Gasteiger partial charge in [-0.15, -0.1) is 11.3 Å². The second-order valence-electron chi connectivity index (χ2n) is 10.5. The lowest BCUT2D eigenvalue weighted by atomic mass is 10.1. The number of ether oxygens (including phenoxy) is 2. The van der Waals surface area contributed by atoms with Crippen molar-refractivity contribution in [3.05, 3.63) is 46.0 Å². The van der Waals surface area contributed by atoms with Gasteiger partial charge in [-0.2, -0.15) is 13.2 Å². The number of anilines is 2. The number of allylic oxidation sites excluding steroid dienone is 1. The Kier molecular flexibility index (Phi) is 8.98. The minimum Gasteiger partial charge on any atom is -0.383 e. The third kappa shape index (κ3) is 6.79. The van der Waals surface area contributed by atoms with Crippen molar-refractivity contribution in [1.82, 2.24) is 15.2 Å². The van der Waals surface area contributed by atoms with Gasteiger partial charge in [0.25, 0.3) is 5.91 Å². The van der Waals surface area contributed by atoms with Crippen LogP contribution >= 0.6 is 11.3 Å². The van der Waals surface area contributed by atoms with Crippen LogP contribution in [0.3, 0.4) is 0 Å². The molecule has 2 aromatic rings. The number of halogens is 3. The third-order valence-electron chi connectivity index (χ3n) is 7.66. The van der Waals surface area contributed by atoms with E-state index in [9.17, 15) is 18.0 Å². The molecule has 218 valence electrons. The number of carbonyl (C=O) groups is 1. The third-order valence-corrected chi connectivity index (χ3v) is 8.56. The molecule has 1 amide bonds. The summed E-state index contributed by atoms with van der Waals surface area (Å²) in [5.74, 6) is -0.308. The standard InChI is InChI=1S/C28H36F3N5O3S/c1-38-13-10-32-26(37)21-14-18(15-35-11-3-4-24(35)28(29,30)31)5-8-22(21)33-25(19-6-7-19)23-17-40-27(34-23)36-12-9-20(16-36)39-2/h5,8,14,17,20,24,33H,3-4,6-7,9-13,15-16H2,1-2H3,(H,32,37)/t20-,24-/m0/s1. The molecule has 2 N–H and O–H groups in total. The number of aromatic nitrogens is 1. The van der Waals surface area contributed by atoms with Gasteiger partial charge in [0.05, 0.1) is 35.4 Å². The van der Waals surface area contributed by atoms with Crippen LogP contribution in [0.4, 0.5) is 24.0 Å². The molecule has 1 aromatic carbocycles. The van der Waals surface area contributed by atoms with Crippen LogP contribution in [0, 0.1) is 0 Å². The number of hydrogen-bond donors (Lipinski definition) is 2. The van der Waals surface area contributed by atoms with Crippen LogP contribution in [0.2, 0.25) is 0 Å². The molecule has 0 bridgehead atoms. The van der Waals surface area contributed by atoms with Gasteiger partial charge in [-0.05, 0) is 61.9 Å². The van der Waals surface area contributed by atoms with Gasteiger partial charge in [-0.25, -0.2) is 4.98 Å². The first kappa shape index (κ1) is 28.8. The first-order valence-electron chi connectivity index (χ1n) is 13.7. The number of benzene rings is 1. The fourth-order valence-electron chi connectivity index (χ4n) is 5.37. The van der Waals surface area contributed by atoms with Gasteiger partial charge in [0.1, 0.15) is 6.04 Å². The Hall–Kier alpha value is -2.67. The van der Waals surface area contributed by atoms with Crippen molar-refractivity contribution < 1.29 is 27.4 Å². The number of nitrogens with zero attached hydrogens (tertiary/aromatic N) is 3. The maximum Gasteiger partial charge on any atom is 0.404 e. The quantitative estimate of drug-likeness (QED) is 0.367. The Morgan fingerprint density at radius 1 is 1.20 bits per heavy atom. The number of hydrogen-bond acceptors (Lipinski definition) is 8. The smallest absolute Gasteiger partial charge is 0.383 e. The summed E-state index contributed by atoms with van der Waals surface area (Å²) in [5, 5.41) is 9.29. The number of carbonyl (C=O) groups excluding carboxylic acids is 1. The van der Waals surface area contributed by atoms with E-state index < -0.39 is 12.2 Å². The predicted octanol–water partition coefficient (Wildman–Crippen LogP) is 4.89. The van der Waals surface area contributed by atoms with Crippen molar-refractivity contribution in [2.75, 3.05) is 57.2 Å². The lowest BCUT2D eigenvalue weighted by Crippen LogP contribution is -2.40. The number of rotatable bonds is 11. The molecule has 0 spiro atoms. The van der Waals surface area contributed by atoms with Crippen molar-refractivity contribution in [3.63, 3.8) is 0 Å². The highest BCUT2D eigenvalue weighted by Gasteiger charge is 2.45. The summed E-state index contributed by atoms with van der Waals surface area (Å²) in [7, 11) is 3.29. The van der Waals surface area contributed by atoms with Gasteiger partial charge in [0.2, 0.25) is 0 Å². The van der Waals surface area contributed by atoms with E-state index in [1.165, 1.54) is 10.5 Å². The Morgan fingerprint density at radius 2 is 2.02 bits per heavy atom. The summed E-state index contributed by atoms with van der Waals surface area (Å²) in [6.07, 6.45) is -0.593. The van der Waals surface area contributed by atoms with Crippen molar-refractivity contribution in [1.29, 1.82) is 0 Å². The summed E-state index contributed by atoms with van der Waals surface area (Å²) in [4.78, 5) is 21.8. The van der Waals surface area contributed by atoms with Crippen LogP contribution in [0.1, 0.15) is 53.7 Å². The van der Waals surface area contributed by atoms with Crippen molar-refractivity contribution in [2.24, 2.45) is 0 Å². The molecule has 2 saturated heterocycles. The maximum atomic E-state index is 13.5. The number of amides is 1. The molecule has 5 rings (SSSR count). The normalized spacial score (nSPS) is 21.2. The SMILES string of the molecule is COCCNC(=O)c1cc(CN2CCC[C@H]2C(F)(F)F)ccc1NC(=C1CC1)c1csc(N2CC[C@H](OC)C2)n1. The van der Waals surface area contributed by atoms with Crippen LogP contribution in [0.5, 0.6) is 0 Å². The molecule has 2 aliphatic heterocycles. The van der Waals surface area contributed by atoms with Crippen molar-refractivity contribution >= 4 is 33.8 Å². The zero-order valence-corrected chi connectivity index (χ0v) is 23.7. The van der Waals surface area contributed by atoms with E-state index in [0.29, 0.717) is 42.9 Å². The summed E-state index contributed by atoms with van der Waals surface area (Å²) in [6, 6.07) is 3.84. The highest BCUT2D eigenvalue weighted by Crippen LogP contribution is 2.39. The molecule has 2 atom stereocenters. The molecule has 3 heterocycles. The summed E-state index contributed by atoms with van der Waals surface area (Å²) >= 11 is 1.58. The predicted molar refractivity (Wildman–Crippen MR) is 150 cm³/mol. The first-order valence-corrected chi connectivity index (χ1v) is 14.6. The molecule has 0 unspecified atom stereocenters. The molecule has 3 fully saturated rings. The van der Waals surface area contributed by atoms with Gasteiger partial charge >= 0.3 is 6.18 Å². The summed E-state index contributed by atoms with van der Waals surface area (Å²) in [5.41, 5.74) is 4.59. The first-order chi connectivity index (χ1) is 19.3. The van der Waals surface area contributed by atoms with E-state index in [4.69, 9.17) is 14.5 Å². The van der Waals surface area contributed by atoms with E-state index >= 15 is 0 Å². The minimum atomic E-state index is -4.27. The fraction of sp³-hybridized carbons (Fsp3) is 0.571. The Labute approximate surface area is 236 Å². The zero-order valence-electron chi connectivity index (χ0n) is 22.9. The zero-order chi connectivity index (χ0) is 28.3. The molecular formula is C28H36F3N5O3S. The minimum absolute atomic E-state index is 0.101. The van der Waals surface area contributed by atoms with Crippen LogP contribution in [-0.2, 0) is 16.0 Å². The second-order valence-corrected chi connectivity index (χ2v) is 11.3. The van der Waals surface area contributed by atoms with E-state index in [1.54, 1.807) is 43.8 Å². The van der Waals surface area contributed by atoms with E-state index in [1.807, 2.05) is 5.38 Å². The molecular weight excluding hydrogens is 543 g/mol. The number of nitrogens with one attached hydrogen (secondary N) is 2. The van der Waals surface area contributed by atoms with E-state index in [2.05, 4.69) is 15.5 Å². The van der Waals surface area contributed by atoms with Crippen LogP contribution in [0.25, 0.3) is 5.70 Å². The topological polar surface area (TPSA) is 79.0 Å². The molecule has 1 aromatic heterocycles. The number of thiazole rings is 1. The highest BCUT2D eigenvalue weighted by molar-refractivity contribution is 7.13. The molecule has 12 heteroatoms. The second kappa shape index (κ2) is 12.5. The lowest BCUT2D eigenvalue weighted by Gasteiger charge is -2.26. The molecule has 0 radical (unpaired) electrons. The Bertz CT molecular complexity index is 1230. The Balaban J connectivity index is 1.38. The summed E-state index contributed by atoms with van der Waals surface area (Å²) < 4.78 is 51.2. The number of alkyl halides is 3. The molecule has 40 heavy (non-hydrogen) atoms. The van der Waals surface area contributed by atoms with Crippen molar-refractivity contribution in [2.45, 2.75) is 57.0 Å². The van der Waals surface area contributed by atoms with Crippen LogP contribution in [0.15, 0.2) is 29.2 Å². The average molecular weight is 580 g/mol. The van der Waals surface area contributed by atoms with E-state index in [-0.39, 0.29) is 25.0 Å². The van der Waals surface area contributed by atoms with Gasteiger partial charge in [0.15, 0.2) is 5.13 Å². The molecule has 1 aliphatic carbocycles. The maximum absolute atomic E-state index is 13.5. The molecule has 3 aliphatic rings. The summed E-state index contributed by atoms with van der Waals surface area (Å²) in [6.45, 7) is 2.89. The van der Waals surface area contributed by atoms with Gasteiger partial charge in [-0.3, -0.25) is 9.69 Å². The van der Waals surface area contributed by atoms with Crippen LogP contribution in [-0.4, -0.2) is 81.1 Å². The van der Waals surface area contributed by atoms with Gasteiger partial charge in [0, 0.05) is 45.8 Å². The van der Waals surface area contributed by atoms with Gasteiger partial charge in [-0.1, -0.05) is 6.07 Å². The van der Waals surface area contributed by atoms with Gasteiger partial charge < -0.3 is 25.0 Å². The fourth-order valence-corrected chi connectivity index (χ4v) is 6.22. The largest absolute Gasteiger partial charge is 0.404 e. The number of methoxy groups -OCH3 is 2. The van der Waals surface area contributed by atoms with E-state index in [0.717, 1.165) is 48.9 Å². The number of likely N-dealkylation sites (tertiary alicyclic amines) is 1. The van der Waals surface area contributed by atoms with Crippen LogP contribution < -0.4 is 15.5 Å². The Morgan fingerprint density at radius 3 is 2.73 bits per heavy atom. The molecule has 1 saturated carbocycles. The monoisotopic (exact) mass is 579 g/mol. The lowest BCUT2D eigenvalue weighted by molar-refractivity contribution is -0.177. The molecule has 8 nitrogen and oxygen atoms in total.